The lowest BCUT2D eigenvalue weighted by Crippen LogP contribution is -2.56. The Bertz CT molecular complexity index is 492. The van der Waals surface area contributed by atoms with E-state index in [4.69, 9.17) is 18.0 Å². The first-order valence-electron chi connectivity index (χ1n) is 7.02. The maximum atomic E-state index is 12.5. The van der Waals surface area contributed by atoms with E-state index in [2.05, 4.69) is 14.9 Å². The fraction of sp³-hybridized carbons (Fsp3) is 0.692. The van der Waals surface area contributed by atoms with Crippen LogP contribution in [-0.4, -0.2) is 26.0 Å². The van der Waals surface area contributed by atoms with Gasteiger partial charge in [0.2, 0.25) is 0 Å². The number of aryl methyl sites for hydroxylation is 1. The average Bonchev–Trinajstić information content (AvgIpc) is 2.78. The molecule has 1 aliphatic rings. The quantitative estimate of drug-likeness (QED) is 0.658. The van der Waals surface area contributed by atoms with Crippen LogP contribution in [-0.2, 0) is 6.42 Å². The summed E-state index contributed by atoms with van der Waals surface area (Å²) in [6.45, 7) is 1.96. The molecule has 110 valence electrons. The van der Waals surface area contributed by atoms with Crippen LogP contribution in [0.3, 0.4) is 0 Å². The number of amides is 1. The van der Waals surface area contributed by atoms with Crippen LogP contribution in [0.15, 0.2) is 0 Å². The van der Waals surface area contributed by atoms with Gasteiger partial charge in [-0.2, -0.15) is 0 Å². The number of carbonyl (C=O) groups excluding carboxylic acids is 1. The van der Waals surface area contributed by atoms with Crippen molar-refractivity contribution in [2.24, 2.45) is 5.73 Å². The molecule has 1 heterocycles. The van der Waals surface area contributed by atoms with Gasteiger partial charge in [-0.3, -0.25) is 4.79 Å². The summed E-state index contributed by atoms with van der Waals surface area (Å²) in [5.74, 6) is -0.147. The van der Waals surface area contributed by atoms with E-state index in [1.807, 2.05) is 6.92 Å². The van der Waals surface area contributed by atoms with Gasteiger partial charge in [-0.1, -0.05) is 49.3 Å². The van der Waals surface area contributed by atoms with Gasteiger partial charge in [0.15, 0.2) is 0 Å². The summed E-state index contributed by atoms with van der Waals surface area (Å²) in [5, 5.41) is 7.05. The van der Waals surface area contributed by atoms with Gasteiger partial charge in [0.1, 0.15) is 4.88 Å². The number of hydrogen-bond acceptors (Lipinski definition) is 5. The molecule has 0 atom stereocenters. The molecule has 1 saturated carbocycles. The zero-order valence-corrected chi connectivity index (χ0v) is 13.3. The maximum Gasteiger partial charge on any atom is 0.265 e. The van der Waals surface area contributed by atoms with Crippen LogP contribution in [0, 0.1) is 0 Å². The molecule has 20 heavy (non-hydrogen) atoms. The Morgan fingerprint density at radius 1 is 1.40 bits per heavy atom. The van der Waals surface area contributed by atoms with Crippen LogP contribution in [0.4, 0.5) is 0 Å². The first-order valence-corrected chi connectivity index (χ1v) is 8.21. The number of nitrogens with two attached hydrogens (primary N) is 1. The van der Waals surface area contributed by atoms with Crippen molar-refractivity contribution in [3.8, 4) is 0 Å². The monoisotopic (exact) mass is 312 g/mol. The molecule has 7 heteroatoms. The van der Waals surface area contributed by atoms with Gasteiger partial charge in [0.25, 0.3) is 5.91 Å². The summed E-state index contributed by atoms with van der Waals surface area (Å²) in [7, 11) is 0. The highest BCUT2D eigenvalue weighted by Gasteiger charge is 2.36. The van der Waals surface area contributed by atoms with E-state index < -0.39 is 5.54 Å². The van der Waals surface area contributed by atoms with E-state index in [-0.39, 0.29) is 5.91 Å². The average molecular weight is 312 g/mol. The Morgan fingerprint density at radius 2 is 2.05 bits per heavy atom. The molecule has 5 nitrogen and oxygen atoms in total. The largest absolute Gasteiger partial charge is 0.391 e. The van der Waals surface area contributed by atoms with Crippen LogP contribution in [0.1, 0.15) is 60.8 Å². The molecule has 2 rings (SSSR count). The van der Waals surface area contributed by atoms with E-state index in [0.717, 1.165) is 42.9 Å². The van der Waals surface area contributed by atoms with Gasteiger partial charge in [-0.25, -0.2) is 0 Å². The molecule has 0 unspecified atom stereocenters. The van der Waals surface area contributed by atoms with Crippen molar-refractivity contribution < 1.29 is 4.79 Å². The lowest BCUT2D eigenvalue weighted by molar-refractivity contribution is 0.0920. The molecular formula is C13H20N4OS2. The van der Waals surface area contributed by atoms with E-state index in [0.29, 0.717) is 16.3 Å². The number of carbonyl (C=O) groups is 1. The molecule has 0 spiro atoms. The van der Waals surface area contributed by atoms with Gasteiger partial charge in [0.05, 0.1) is 16.2 Å². The zero-order chi connectivity index (χ0) is 14.6. The third-order valence-corrected chi connectivity index (χ3v) is 5.04. The third-order valence-electron chi connectivity index (χ3n) is 3.88. The van der Waals surface area contributed by atoms with E-state index in [9.17, 15) is 4.79 Å². The molecular weight excluding hydrogens is 292 g/mol. The topological polar surface area (TPSA) is 80.9 Å². The van der Waals surface area contributed by atoms with Crippen molar-refractivity contribution in [2.45, 2.75) is 57.4 Å². The molecule has 1 aliphatic carbocycles. The normalized spacial score (nSPS) is 18.2. The van der Waals surface area contributed by atoms with Gasteiger partial charge >= 0.3 is 0 Å². The summed E-state index contributed by atoms with van der Waals surface area (Å²) >= 11 is 6.36. The zero-order valence-electron chi connectivity index (χ0n) is 11.6. The Kier molecular flexibility index (Phi) is 5.04. The third kappa shape index (κ3) is 3.15. The van der Waals surface area contributed by atoms with Crippen molar-refractivity contribution >= 4 is 34.6 Å². The lowest BCUT2D eigenvalue weighted by atomic mass is 9.90. The van der Waals surface area contributed by atoms with Crippen LogP contribution < -0.4 is 11.1 Å². The van der Waals surface area contributed by atoms with Gasteiger partial charge in [0, 0.05) is 0 Å². The molecule has 1 fully saturated rings. The van der Waals surface area contributed by atoms with Crippen molar-refractivity contribution in [3.63, 3.8) is 0 Å². The fourth-order valence-electron chi connectivity index (χ4n) is 2.65. The first kappa shape index (κ1) is 15.3. The Balaban J connectivity index is 2.19. The minimum absolute atomic E-state index is 0.147. The van der Waals surface area contributed by atoms with Crippen LogP contribution >= 0.6 is 23.8 Å². The summed E-state index contributed by atoms with van der Waals surface area (Å²) in [5.41, 5.74) is 6.12. The SMILES string of the molecule is CCc1nnsc1C(=O)NC1(C(N)=S)CCCCCC1. The van der Waals surface area contributed by atoms with Crippen molar-refractivity contribution in [3.05, 3.63) is 10.6 Å². The Morgan fingerprint density at radius 3 is 2.60 bits per heavy atom. The number of hydrogen-bond donors (Lipinski definition) is 2. The smallest absolute Gasteiger partial charge is 0.265 e. The van der Waals surface area contributed by atoms with E-state index in [1.165, 1.54) is 12.8 Å². The minimum Gasteiger partial charge on any atom is -0.391 e. The second-order valence-corrected chi connectivity index (χ2v) is 6.41. The summed E-state index contributed by atoms with van der Waals surface area (Å²) in [6, 6.07) is 0. The van der Waals surface area contributed by atoms with Gasteiger partial charge in [-0.15, -0.1) is 5.10 Å². The Hall–Kier alpha value is -1.08. The predicted molar refractivity (Wildman–Crippen MR) is 84.0 cm³/mol. The van der Waals surface area contributed by atoms with Gasteiger partial charge in [-0.05, 0) is 30.8 Å². The second-order valence-electron chi connectivity index (χ2n) is 5.22. The minimum atomic E-state index is -0.544. The van der Waals surface area contributed by atoms with Crippen molar-refractivity contribution in [1.29, 1.82) is 0 Å². The lowest BCUT2D eigenvalue weighted by Gasteiger charge is -2.32. The van der Waals surface area contributed by atoms with Gasteiger partial charge < -0.3 is 11.1 Å². The van der Waals surface area contributed by atoms with Crippen LogP contribution in [0.5, 0.6) is 0 Å². The second kappa shape index (κ2) is 6.58. The predicted octanol–water partition coefficient (Wildman–Crippen LogP) is 2.21. The molecule has 0 bridgehead atoms. The number of thiocarbonyl (C=S) groups is 1. The highest BCUT2D eigenvalue weighted by molar-refractivity contribution is 7.80. The Labute approximate surface area is 128 Å². The first-order chi connectivity index (χ1) is 9.59. The van der Waals surface area contributed by atoms with Crippen molar-refractivity contribution in [1.82, 2.24) is 14.9 Å². The van der Waals surface area contributed by atoms with Crippen LogP contribution in [0.25, 0.3) is 0 Å². The summed E-state index contributed by atoms with van der Waals surface area (Å²) < 4.78 is 3.86. The molecule has 0 aromatic carbocycles. The van der Waals surface area contributed by atoms with Crippen molar-refractivity contribution in [2.75, 3.05) is 0 Å². The summed E-state index contributed by atoms with van der Waals surface area (Å²) in [6.07, 6.45) is 6.76. The number of nitrogens with zero attached hydrogens (tertiary/aromatic N) is 2. The number of nitrogens with one attached hydrogen (secondary N) is 1. The highest BCUT2D eigenvalue weighted by Crippen LogP contribution is 2.28. The highest BCUT2D eigenvalue weighted by atomic mass is 32.1. The van der Waals surface area contributed by atoms with E-state index in [1.54, 1.807) is 0 Å². The molecule has 1 aromatic heterocycles. The number of rotatable bonds is 4. The maximum absolute atomic E-state index is 12.5. The van der Waals surface area contributed by atoms with Crippen LogP contribution in [0.2, 0.25) is 0 Å². The van der Waals surface area contributed by atoms with E-state index >= 15 is 0 Å². The standard InChI is InChI=1S/C13H20N4OS2/c1-2-9-10(20-17-16-9)11(18)15-13(12(14)19)7-5-3-4-6-8-13/h2-8H2,1H3,(H2,14,19)(H,15,18). The summed E-state index contributed by atoms with van der Waals surface area (Å²) in [4.78, 5) is 13.4. The number of aromatic nitrogens is 2. The molecule has 1 aromatic rings. The molecule has 0 saturated heterocycles. The molecule has 0 aliphatic heterocycles. The molecule has 1 amide bonds. The molecule has 0 radical (unpaired) electrons. The fourth-order valence-corrected chi connectivity index (χ4v) is 3.55. The molecule has 3 N–H and O–H groups in total.